The van der Waals surface area contributed by atoms with Crippen LogP contribution in [0, 0.1) is 11.3 Å². The van der Waals surface area contributed by atoms with Crippen molar-refractivity contribution >= 4 is 22.9 Å². The minimum absolute atomic E-state index is 0.0382. The summed E-state index contributed by atoms with van der Waals surface area (Å²) in [6.07, 6.45) is 1.02. The zero-order valence-corrected chi connectivity index (χ0v) is 12.3. The summed E-state index contributed by atoms with van der Waals surface area (Å²) < 4.78 is 0. The van der Waals surface area contributed by atoms with E-state index in [0.29, 0.717) is 17.8 Å². The van der Waals surface area contributed by atoms with Crippen molar-refractivity contribution in [2.24, 2.45) is 0 Å². The first-order chi connectivity index (χ1) is 10.2. The van der Waals surface area contributed by atoms with Crippen molar-refractivity contribution in [2.75, 3.05) is 18.4 Å². The van der Waals surface area contributed by atoms with Gasteiger partial charge in [0.1, 0.15) is 0 Å². The highest BCUT2D eigenvalue weighted by molar-refractivity contribution is 7.10. The van der Waals surface area contributed by atoms with Gasteiger partial charge in [-0.2, -0.15) is 5.26 Å². The third-order valence-electron chi connectivity index (χ3n) is 3.53. The number of anilines is 1. The molecule has 0 radical (unpaired) electrons. The molecule has 0 bridgehead atoms. The molecule has 1 aromatic heterocycles. The van der Waals surface area contributed by atoms with E-state index in [1.807, 2.05) is 0 Å². The molecule has 0 saturated carbocycles. The average Bonchev–Trinajstić information content (AvgIpc) is 2.95. The maximum absolute atomic E-state index is 12.1. The van der Waals surface area contributed by atoms with Crippen LogP contribution < -0.4 is 5.32 Å². The fourth-order valence-electron chi connectivity index (χ4n) is 2.51. The van der Waals surface area contributed by atoms with Gasteiger partial charge in [0.2, 0.25) is 5.91 Å². The normalized spacial score (nSPS) is 14.2. The van der Waals surface area contributed by atoms with Gasteiger partial charge in [-0.05, 0) is 41.6 Å². The van der Waals surface area contributed by atoms with Crippen LogP contribution in [0.2, 0.25) is 0 Å². The summed E-state index contributed by atoms with van der Waals surface area (Å²) in [5.74, 6) is -0.0382. The van der Waals surface area contributed by atoms with Crippen LogP contribution in [0.3, 0.4) is 0 Å². The van der Waals surface area contributed by atoms with Gasteiger partial charge in [-0.1, -0.05) is 6.07 Å². The van der Waals surface area contributed by atoms with Crippen LogP contribution in [0.5, 0.6) is 0 Å². The molecule has 1 N–H and O–H groups in total. The van der Waals surface area contributed by atoms with Crippen LogP contribution in [-0.2, 0) is 17.8 Å². The summed E-state index contributed by atoms with van der Waals surface area (Å²) in [6.45, 7) is 2.13. The molecule has 1 aromatic carbocycles. The molecular formula is C16H15N3OS. The van der Waals surface area contributed by atoms with Crippen molar-refractivity contribution in [1.82, 2.24) is 4.90 Å². The number of fused-ring (bicyclic) bond motifs is 1. The minimum Gasteiger partial charge on any atom is -0.325 e. The molecule has 0 spiro atoms. The van der Waals surface area contributed by atoms with Crippen LogP contribution in [0.1, 0.15) is 16.0 Å². The van der Waals surface area contributed by atoms with Gasteiger partial charge in [0, 0.05) is 23.7 Å². The van der Waals surface area contributed by atoms with Crippen LogP contribution in [0.15, 0.2) is 35.7 Å². The number of benzene rings is 1. The summed E-state index contributed by atoms with van der Waals surface area (Å²) in [7, 11) is 0. The lowest BCUT2D eigenvalue weighted by Gasteiger charge is -2.26. The number of thiophene rings is 1. The molecule has 106 valence electrons. The number of hydrogen-bond acceptors (Lipinski definition) is 4. The lowest BCUT2D eigenvalue weighted by Crippen LogP contribution is -2.36. The largest absolute Gasteiger partial charge is 0.325 e. The molecule has 0 saturated heterocycles. The molecule has 0 aliphatic carbocycles. The van der Waals surface area contributed by atoms with Crippen LogP contribution in [0.4, 0.5) is 5.69 Å². The molecule has 1 aliphatic heterocycles. The molecular weight excluding hydrogens is 282 g/mol. The number of nitrogens with zero attached hydrogens (tertiary/aromatic N) is 2. The molecule has 21 heavy (non-hydrogen) atoms. The second kappa shape index (κ2) is 6.08. The zero-order chi connectivity index (χ0) is 14.7. The second-order valence-electron chi connectivity index (χ2n) is 5.07. The Kier molecular flexibility index (Phi) is 4.00. The predicted octanol–water partition coefficient (Wildman–Crippen LogP) is 2.62. The number of rotatable bonds is 3. The average molecular weight is 297 g/mol. The standard InChI is InChI=1S/C16H15N3OS/c17-9-12-2-1-3-14(8-12)18-16(20)11-19-6-4-15-13(10-19)5-7-21-15/h1-3,5,7-8H,4,6,10-11H2,(H,18,20). The van der Waals surface area contributed by atoms with Crippen LogP contribution in [-0.4, -0.2) is 23.9 Å². The molecule has 2 aromatic rings. The van der Waals surface area contributed by atoms with E-state index in [1.54, 1.807) is 35.6 Å². The molecule has 0 fully saturated rings. The van der Waals surface area contributed by atoms with E-state index >= 15 is 0 Å². The van der Waals surface area contributed by atoms with E-state index in [4.69, 9.17) is 5.26 Å². The van der Waals surface area contributed by atoms with Gasteiger partial charge < -0.3 is 5.32 Å². The van der Waals surface area contributed by atoms with Crippen molar-refractivity contribution in [2.45, 2.75) is 13.0 Å². The fourth-order valence-corrected chi connectivity index (χ4v) is 3.40. The number of amides is 1. The topological polar surface area (TPSA) is 56.1 Å². The molecule has 1 amide bonds. The number of nitrogens with one attached hydrogen (secondary N) is 1. The molecule has 1 aliphatic rings. The van der Waals surface area contributed by atoms with Gasteiger partial charge >= 0.3 is 0 Å². The van der Waals surface area contributed by atoms with Gasteiger partial charge in [0.15, 0.2) is 0 Å². The predicted molar refractivity (Wildman–Crippen MR) is 83.1 cm³/mol. The third-order valence-corrected chi connectivity index (χ3v) is 4.55. The van der Waals surface area contributed by atoms with E-state index in [9.17, 15) is 4.79 Å². The molecule has 0 unspecified atom stereocenters. The molecule has 3 rings (SSSR count). The lowest BCUT2D eigenvalue weighted by atomic mass is 10.1. The first-order valence-corrected chi connectivity index (χ1v) is 7.70. The SMILES string of the molecule is N#Cc1cccc(NC(=O)CN2CCc3sccc3C2)c1. The van der Waals surface area contributed by atoms with Crippen molar-refractivity contribution in [3.05, 3.63) is 51.7 Å². The van der Waals surface area contributed by atoms with Crippen molar-refractivity contribution < 1.29 is 4.79 Å². The summed E-state index contributed by atoms with van der Waals surface area (Å²) >= 11 is 1.80. The van der Waals surface area contributed by atoms with Crippen LogP contribution in [0.25, 0.3) is 0 Å². The Morgan fingerprint density at radius 3 is 3.19 bits per heavy atom. The summed E-state index contributed by atoms with van der Waals surface area (Å²) in [5, 5.41) is 13.8. The Hall–Kier alpha value is -2.16. The zero-order valence-electron chi connectivity index (χ0n) is 11.5. The number of hydrogen-bond donors (Lipinski definition) is 1. The van der Waals surface area contributed by atoms with Gasteiger partial charge in [0.05, 0.1) is 18.2 Å². The maximum Gasteiger partial charge on any atom is 0.238 e. The summed E-state index contributed by atoms with van der Waals surface area (Å²) in [4.78, 5) is 15.7. The quantitative estimate of drug-likeness (QED) is 0.947. The van der Waals surface area contributed by atoms with Crippen molar-refractivity contribution in [3.63, 3.8) is 0 Å². The monoisotopic (exact) mass is 297 g/mol. The van der Waals surface area contributed by atoms with E-state index in [2.05, 4.69) is 27.7 Å². The molecule has 2 heterocycles. The maximum atomic E-state index is 12.1. The molecule has 5 heteroatoms. The highest BCUT2D eigenvalue weighted by Crippen LogP contribution is 2.23. The smallest absolute Gasteiger partial charge is 0.238 e. The highest BCUT2D eigenvalue weighted by atomic mass is 32.1. The van der Waals surface area contributed by atoms with Gasteiger partial charge in [-0.25, -0.2) is 0 Å². The number of carbonyl (C=O) groups is 1. The molecule has 4 nitrogen and oxygen atoms in total. The fraction of sp³-hybridized carbons (Fsp3) is 0.250. The third kappa shape index (κ3) is 3.30. The van der Waals surface area contributed by atoms with E-state index in [0.717, 1.165) is 19.5 Å². The van der Waals surface area contributed by atoms with E-state index in [1.165, 1.54) is 10.4 Å². The minimum atomic E-state index is -0.0382. The summed E-state index contributed by atoms with van der Waals surface area (Å²) in [6, 6.07) is 11.2. The van der Waals surface area contributed by atoms with Gasteiger partial charge in [-0.15, -0.1) is 11.3 Å². The van der Waals surface area contributed by atoms with E-state index in [-0.39, 0.29) is 5.91 Å². The Labute approximate surface area is 127 Å². The number of nitriles is 1. The van der Waals surface area contributed by atoms with Crippen molar-refractivity contribution in [3.8, 4) is 6.07 Å². The summed E-state index contributed by atoms with van der Waals surface area (Å²) in [5.41, 5.74) is 2.56. The first-order valence-electron chi connectivity index (χ1n) is 6.82. The Balaban J connectivity index is 1.59. The molecule has 0 atom stereocenters. The van der Waals surface area contributed by atoms with Crippen LogP contribution >= 0.6 is 11.3 Å². The second-order valence-corrected chi connectivity index (χ2v) is 6.07. The van der Waals surface area contributed by atoms with Gasteiger partial charge in [-0.3, -0.25) is 9.69 Å². The van der Waals surface area contributed by atoms with E-state index < -0.39 is 0 Å². The van der Waals surface area contributed by atoms with Crippen molar-refractivity contribution in [1.29, 1.82) is 5.26 Å². The van der Waals surface area contributed by atoms with Gasteiger partial charge in [0.25, 0.3) is 0 Å². The lowest BCUT2D eigenvalue weighted by molar-refractivity contribution is -0.117. The first kappa shape index (κ1) is 13.8. The Morgan fingerprint density at radius 1 is 1.43 bits per heavy atom. The highest BCUT2D eigenvalue weighted by Gasteiger charge is 2.19. The Bertz CT molecular complexity index is 702. The number of carbonyl (C=O) groups excluding carboxylic acids is 1. The Morgan fingerprint density at radius 2 is 2.33 bits per heavy atom.